The van der Waals surface area contributed by atoms with Gasteiger partial charge in [0.25, 0.3) is 5.91 Å². The number of aromatic nitrogens is 2. The number of alkyl carbamates (subject to hydrolysis) is 1. The predicted octanol–water partition coefficient (Wildman–Crippen LogP) is 4.41. The number of carbonyl (C=O) groups is 4. The minimum Gasteiger partial charge on any atom is -0.496 e. The molecular formula is C41H52N6O10S2. The van der Waals surface area contributed by atoms with Gasteiger partial charge in [0.1, 0.15) is 41.8 Å². The van der Waals surface area contributed by atoms with Crippen LogP contribution in [0.1, 0.15) is 76.5 Å². The molecule has 2 saturated carbocycles. The number of nitrogens with one attached hydrogen (secondary N) is 3. The van der Waals surface area contributed by atoms with Gasteiger partial charge in [-0.3, -0.25) is 19.1 Å². The zero-order chi connectivity index (χ0) is 42.1. The molecule has 4 aliphatic rings. The second-order valence-electron chi connectivity index (χ2n) is 16.9. The number of amides is 4. The Morgan fingerprint density at radius 2 is 1.95 bits per heavy atom. The minimum atomic E-state index is -3.96. The van der Waals surface area contributed by atoms with E-state index in [0.717, 1.165) is 43.2 Å². The molecule has 4 bridgehead atoms. The van der Waals surface area contributed by atoms with Crippen molar-refractivity contribution in [3.63, 3.8) is 0 Å². The van der Waals surface area contributed by atoms with Gasteiger partial charge < -0.3 is 34.5 Å². The molecule has 1 saturated heterocycles. The van der Waals surface area contributed by atoms with Crippen LogP contribution >= 0.6 is 11.3 Å². The number of benzene rings is 1. The number of ether oxygens (including phenoxy) is 4. The molecule has 7 rings (SSSR count). The third kappa shape index (κ3) is 9.59. The molecule has 0 unspecified atom stereocenters. The van der Waals surface area contributed by atoms with Crippen LogP contribution in [0.4, 0.5) is 4.79 Å². The number of rotatable bonds is 10. The Balaban J connectivity index is 1.28. The number of carbonyl (C=O) groups excluding carboxylic acids is 4. The molecule has 0 radical (unpaired) electrons. The zero-order valence-corrected chi connectivity index (χ0v) is 35.4. The highest BCUT2D eigenvalue weighted by Crippen LogP contribution is 2.45. The lowest BCUT2D eigenvalue weighted by molar-refractivity contribution is -0.142. The lowest BCUT2D eigenvalue weighted by atomic mass is 9.87. The number of hydrogen-bond acceptors (Lipinski definition) is 13. The van der Waals surface area contributed by atoms with Crippen LogP contribution in [0, 0.1) is 17.3 Å². The quantitative estimate of drug-likeness (QED) is 0.243. The van der Waals surface area contributed by atoms with Gasteiger partial charge in [0, 0.05) is 35.2 Å². The number of aryl methyl sites for hydroxylation is 1. The van der Waals surface area contributed by atoms with Gasteiger partial charge in [-0.15, -0.1) is 17.9 Å². The molecule has 5 atom stereocenters. The van der Waals surface area contributed by atoms with Crippen LogP contribution in [-0.4, -0.2) is 97.3 Å². The highest BCUT2D eigenvalue weighted by molar-refractivity contribution is 7.89. The number of cyclic esters (lactones) is 1. The van der Waals surface area contributed by atoms with Crippen molar-refractivity contribution in [3.05, 3.63) is 53.0 Å². The summed E-state index contributed by atoms with van der Waals surface area (Å²) in [4.78, 5) is 66.6. The average molecular weight is 853 g/mol. The Kier molecular flexibility index (Phi) is 12.1. The number of sulfonamides is 1. The van der Waals surface area contributed by atoms with Crippen LogP contribution < -0.4 is 29.6 Å². The normalized spacial score (nSPS) is 26.2. The van der Waals surface area contributed by atoms with E-state index >= 15 is 0 Å². The van der Waals surface area contributed by atoms with E-state index in [0.29, 0.717) is 41.7 Å². The third-order valence-electron chi connectivity index (χ3n) is 11.8. The van der Waals surface area contributed by atoms with Crippen LogP contribution in [0.2, 0.25) is 0 Å². The first-order chi connectivity index (χ1) is 28.1. The van der Waals surface area contributed by atoms with Crippen molar-refractivity contribution < 1.29 is 46.5 Å². The van der Waals surface area contributed by atoms with E-state index in [-0.39, 0.29) is 44.4 Å². The maximum Gasteiger partial charge on any atom is 0.407 e. The topological polar surface area (TPSA) is 204 Å². The molecule has 16 nitrogen and oxygen atoms in total. The summed E-state index contributed by atoms with van der Waals surface area (Å²) in [6.07, 6.45) is 6.28. The molecule has 4 amide bonds. The van der Waals surface area contributed by atoms with Crippen LogP contribution in [0.25, 0.3) is 10.9 Å². The van der Waals surface area contributed by atoms with Crippen LogP contribution in [0.15, 0.2) is 41.7 Å². The van der Waals surface area contributed by atoms with E-state index in [1.54, 1.807) is 18.7 Å². The van der Waals surface area contributed by atoms with Crippen molar-refractivity contribution >= 4 is 56.1 Å². The van der Waals surface area contributed by atoms with Gasteiger partial charge in [0.2, 0.25) is 27.7 Å². The Hall–Kier alpha value is -4.97. The van der Waals surface area contributed by atoms with E-state index in [9.17, 15) is 27.6 Å². The highest BCUT2D eigenvalue weighted by Gasteiger charge is 2.61. The monoisotopic (exact) mass is 852 g/mol. The summed E-state index contributed by atoms with van der Waals surface area (Å²) >= 11 is 1.45. The molecule has 1 aromatic carbocycles. The molecule has 18 heteroatoms. The molecule has 2 aliphatic carbocycles. The smallest absolute Gasteiger partial charge is 0.407 e. The van der Waals surface area contributed by atoms with Crippen molar-refractivity contribution in [1.29, 1.82) is 0 Å². The lowest BCUT2D eigenvalue weighted by Crippen LogP contribution is -2.59. The molecule has 3 fully saturated rings. The van der Waals surface area contributed by atoms with Gasteiger partial charge in [0.05, 0.1) is 43.2 Å². The maximum absolute atomic E-state index is 14.8. The first kappa shape index (κ1) is 42.2. The molecule has 4 heterocycles. The fourth-order valence-electron chi connectivity index (χ4n) is 8.52. The number of fused-ring (bicyclic) bond motifs is 3. The van der Waals surface area contributed by atoms with Crippen LogP contribution in [0.3, 0.4) is 0 Å². The molecule has 318 valence electrons. The Bertz CT molecular complexity index is 2210. The summed E-state index contributed by atoms with van der Waals surface area (Å²) in [5.41, 5.74) is 1.93. The lowest BCUT2D eigenvalue weighted by Gasteiger charge is -2.32. The zero-order valence-electron chi connectivity index (χ0n) is 33.8. The largest absolute Gasteiger partial charge is 0.496 e. The second kappa shape index (κ2) is 17.0. The van der Waals surface area contributed by atoms with E-state index in [1.165, 1.54) is 22.3 Å². The van der Waals surface area contributed by atoms with Gasteiger partial charge in [-0.25, -0.2) is 23.2 Å². The number of methoxy groups -OCH3 is 1. The van der Waals surface area contributed by atoms with Crippen LogP contribution in [-0.2, 0) is 42.2 Å². The molecule has 2 aromatic heterocycles. The van der Waals surface area contributed by atoms with Crippen molar-refractivity contribution in [2.45, 2.75) is 102 Å². The second-order valence-corrected chi connectivity index (χ2v) is 19.3. The molecule has 3 aromatic rings. The maximum atomic E-state index is 14.8. The van der Waals surface area contributed by atoms with E-state index < -0.39 is 68.9 Å². The van der Waals surface area contributed by atoms with Crippen molar-refractivity contribution in [2.24, 2.45) is 17.3 Å². The Morgan fingerprint density at radius 1 is 1.17 bits per heavy atom. The summed E-state index contributed by atoms with van der Waals surface area (Å²) in [5.74, 6) is -1.47. The summed E-state index contributed by atoms with van der Waals surface area (Å²) in [6, 6.07) is 3.35. The fraction of sp³-hybridized carbons (Fsp3) is 0.561. The first-order valence-corrected chi connectivity index (χ1v) is 22.8. The standard InChI is InChI=1S/C41H52N6O10S2/c1-6-26-18-41(26,38(50)46-59(5,52)53)45-36(48)31-15-28-19-47(31)37(49)35(24-10-7-8-11-24)44-39(51)56-22-40(2,3)13-9-12-25-14-29-30(16-32(25)54-4)43-34(17-33(29)57-28)55-20-27-21-58-23-42-27/h6,14,16-17,21,23-24,26,28,31,35H,1,7-13,15,18-20,22H2,2-5H3,(H,44,51)(H,45,48)(H,46,50)/t26-,28-,31+,35+,41-/m1/s1. The summed E-state index contributed by atoms with van der Waals surface area (Å²) in [6.45, 7) is 8.05. The summed E-state index contributed by atoms with van der Waals surface area (Å²) in [7, 11) is -2.36. The summed E-state index contributed by atoms with van der Waals surface area (Å²) < 4.78 is 50.6. The van der Waals surface area contributed by atoms with Crippen molar-refractivity contribution in [2.75, 3.05) is 26.5 Å². The molecule has 3 N–H and O–H groups in total. The van der Waals surface area contributed by atoms with E-state index in [2.05, 4.69) is 22.2 Å². The number of hydrogen-bond donors (Lipinski definition) is 3. The van der Waals surface area contributed by atoms with E-state index in [1.807, 2.05) is 36.1 Å². The van der Waals surface area contributed by atoms with Crippen molar-refractivity contribution in [1.82, 2.24) is 30.2 Å². The average Bonchev–Trinajstić information content (AvgIpc) is 3.68. The SMILES string of the molecule is C=C[C@@H]1C[C@]1(NC(=O)[C@@H]1C[C@@H]2CN1C(=O)[C@H](C1CCCC1)NC(=O)OCC(C)(C)CCCc1cc3c(cc(OCc4cscn4)nc3cc1OC)O2)C(=O)NS(C)(=O)=O. The molecule has 59 heavy (non-hydrogen) atoms. The van der Waals surface area contributed by atoms with Gasteiger partial charge in [0.15, 0.2) is 0 Å². The summed E-state index contributed by atoms with van der Waals surface area (Å²) in [5, 5.41) is 8.22. The predicted molar refractivity (Wildman–Crippen MR) is 218 cm³/mol. The molecule has 0 spiro atoms. The fourth-order valence-corrected chi connectivity index (χ4v) is 9.58. The van der Waals surface area contributed by atoms with Crippen LogP contribution in [0.5, 0.6) is 17.4 Å². The number of nitrogens with zero attached hydrogens (tertiary/aromatic N) is 3. The number of thiazole rings is 1. The van der Waals surface area contributed by atoms with Gasteiger partial charge in [-0.05, 0) is 61.5 Å². The molecule has 2 aliphatic heterocycles. The highest BCUT2D eigenvalue weighted by atomic mass is 32.2. The van der Waals surface area contributed by atoms with E-state index in [4.69, 9.17) is 23.9 Å². The number of pyridine rings is 1. The van der Waals surface area contributed by atoms with Gasteiger partial charge in [-0.1, -0.05) is 32.8 Å². The first-order valence-electron chi connectivity index (χ1n) is 20.0. The molecular weight excluding hydrogens is 801 g/mol. The Morgan fingerprint density at radius 3 is 2.63 bits per heavy atom. The van der Waals surface area contributed by atoms with Gasteiger partial charge in [-0.2, -0.15) is 0 Å². The van der Waals surface area contributed by atoms with Gasteiger partial charge >= 0.3 is 6.09 Å². The Labute approximate surface area is 347 Å². The third-order valence-corrected chi connectivity index (χ3v) is 13.0. The minimum absolute atomic E-state index is 0.0119. The van der Waals surface area contributed by atoms with Crippen molar-refractivity contribution in [3.8, 4) is 17.4 Å².